The number of sulfonamides is 1. The van der Waals surface area contributed by atoms with Gasteiger partial charge >= 0.3 is 0 Å². The molecular weight excluding hydrogens is 398 g/mol. The number of pyridine rings is 2. The second kappa shape index (κ2) is 5.56. The lowest BCUT2D eigenvalue weighted by atomic mass is 10.4. The maximum Gasteiger partial charge on any atom is 0.264 e. The van der Waals surface area contributed by atoms with Gasteiger partial charge in [0.05, 0.1) is 5.69 Å². The third-order valence-electron chi connectivity index (χ3n) is 2.25. The molecule has 2 aromatic heterocycles. The van der Waals surface area contributed by atoms with Crippen molar-refractivity contribution in [2.45, 2.75) is 11.8 Å². The molecule has 5 nitrogen and oxygen atoms in total. The van der Waals surface area contributed by atoms with Crippen LogP contribution in [0.25, 0.3) is 0 Å². The first-order chi connectivity index (χ1) is 8.88. The maximum atomic E-state index is 12.1. The number of aromatic nitrogens is 2. The van der Waals surface area contributed by atoms with Crippen molar-refractivity contribution in [1.29, 1.82) is 0 Å². The molecular formula is C11H9Br2N3O2S. The van der Waals surface area contributed by atoms with Gasteiger partial charge in [-0.1, -0.05) is 0 Å². The first-order valence-corrected chi connectivity index (χ1v) is 8.22. The molecule has 0 spiro atoms. The van der Waals surface area contributed by atoms with Gasteiger partial charge in [0, 0.05) is 21.3 Å². The Bertz CT molecular complexity index is 720. The van der Waals surface area contributed by atoms with Crippen molar-refractivity contribution in [3.63, 3.8) is 0 Å². The maximum absolute atomic E-state index is 12.1. The first-order valence-electron chi connectivity index (χ1n) is 5.15. The van der Waals surface area contributed by atoms with Crippen molar-refractivity contribution in [3.05, 3.63) is 45.2 Å². The van der Waals surface area contributed by atoms with Gasteiger partial charge < -0.3 is 0 Å². The molecule has 100 valence electrons. The molecule has 8 heteroatoms. The van der Waals surface area contributed by atoms with E-state index in [0.717, 1.165) is 4.47 Å². The quantitative estimate of drug-likeness (QED) is 0.849. The number of hydrogen-bond donors (Lipinski definition) is 1. The fraction of sp³-hybridized carbons (Fsp3) is 0.0909. The molecule has 1 N–H and O–H groups in total. The Kier molecular flexibility index (Phi) is 4.22. The topological polar surface area (TPSA) is 72.0 Å². The predicted molar refractivity (Wildman–Crippen MR) is 79.4 cm³/mol. The molecule has 0 saturated heterocycles. The molecule has 19 heavy (non-hydrogen) atoms. The van der Waals surface area contributed by atoms with Crippen LogP contribution in [-0.4, -0.2) is 18.4 Å². The number of aryl methyl sites for hydroxylation is 1. The van der Waals surface area contributed by atoms with Crippen molar-refractivity contribution >= 4 is 47.7 Å². The molecule has 0 fully saturated rings. The Hall–Kier alpha value is -0.990. The fourth-order valence-electron chi connectivity index (χ4n) is 1.34. The lowest BCUT2D eigenvalue weighted by Gasteiger charge is -2.08. The molecule has 2 aromatic rings. The number of rotatable bonds is 3. The Morgan fingerprint density at radius 2 is 1.95 bits per heavy atom. The van der Waals surface area contributed by atoms with E-state index in [-0.39, 0.29) is 10.7 Å². The standard InChI is InChI=1S/C11H9Br2N3O2S/c1-7-10(13)2-3-11(15-7)16-19(17,18)9-4-8(12)5-14-6-9/h2-6H,1H3,(H,15,16). The van der Waals surface area contributed by atoms with E-state index in [1.165, 1.54) is 18.5 Å². The van der Waals surface area contributed by atoms with Gasteiger partial charge in [0.15, 0.2) is 0 Å². The highest BCUT2D eigenvalue weighted by atomic mass is 79.9. The molecule has 0 radical (unpaired) electrons. The summed E-state index contributed by atoms with van der Waals surface area (Å²) in [4.78, 5) is 8.04. The van der Waals surface area contributed by atoms with Crippen LogP contribution < -0.4 is 4.72 Å². The van der Waals surface area contributed by atoms with Gasteiger partial charge in [-0.3, -0.25) is 9.71 Å². The highest BCUT2D eigenvalue weighted by Crippen LogP contribution is 2.20. The van der Waals surface area contributed by atoms with Crippen molar-refractivity contribution in [2.75, 3.05) is 4.72 Å². The van der Waals surface area contributed by atoms with Crippen LogP contribution in [0.5, 0.6) is 0 Å². The summed E-state index contributed by atoms with van der Waals surface area (Å²) in [7, 11) is -3.69. The second-order valence-electron chi connectivity index (χ2n) is 3.71. The summed E-state index contributed by atoms with van der Waals surface area (Å²) < 4.78 is 28.1. The van der Waals surface area contributed by atoms with Gasteiger partial charge in [0.2, 0.25) is 0 Å². The van der Waals surface area contributed by atoms with Crippen LogP contribution >= 0.6 is 31.9 Å². The average Bonchev–Trinajstić information content (AvgIpc) is 2.33. The van der Waals surface area contributed by atoms with Crippen LogP contribution in [0, 0.1) is 6.92 Å². The van der Waals surface area contributed by atoms with E-state index in [0.29, 0.717) is 10.2 Å². The third-order valence-corrected chi connectivity index (χ3v) is 4.84. The van der Waals surface area contributed by atoms with Crippen LogP contribution in [0.1, 0.15) is 5.69 Å². The lowest BCUT2D eigenvalue weighted by Crippen LogP contribution is -2.14. The summed E-state index contributed by atoms with van der Waals surface area (Å²) in [6.45, 7) is 1.78. The minimum Gasteiger partial charge on any atom is -0.263 e. The summed E-state index contributed by atoms with van der Waals surface area (Å²) in [5.74, 6) is 0.265. The summed E-state index contributed by atoms with van der Waals surface area (Å²) in [6, 6.07) is 4.79. The smallest absolute Gasteiger partial charge is 0.263 e. The highest BCUT2D eigenvalue weighted by molar-refractivity contribution is 9.10. The zero-order chi connectivity index (χ0) is 14.0. The van der Waals surface area contributed by atoms with Gasteiger partial charge in [-0.05, 0) is 57.0 Å². The number of hydrogen-bond acceptors (Lipinski definition) is 4. The average molecular weight is 407 g/mol. The zero-order valence-electron chi connectivity index (χ0n) is 9.76. The van der Waals surface area contributed by atoms with Crippen molar-refractivity contribution in [1.82, 2.24) is 9.97 Å². The van der Waals surface area contributed by atoms with Crippen LogP contribution in [0.4, 0.5) is 5.82 Å². The van der Waals surface area contributed by atoms with E-state index in [9.17, 15) is 8.42 Å². The number of nitrogens with zero attached hydrogens (tertiary/aromatic N) is 2. The van der Waals surface area contributed by atoms with Crippen LogP contribution in [-0.2, 0) is 10.0 Å². The Morgan fingerprint density at radius 1 is 1.21 bits per heavy atom. The Balaban J connectivity index is 2.33. The lowest BCUT2D eigenvalue weighted by molar-refractivity contribution is 0.600. The predicted octanol–water partition coefficient (Wildman–Crippen LogP) is 3.11. The molecule has 0 amide bonds. The minimum absolute atomic E-state index is 0.0734. The second-order valence-corrected chi connectivity index (χ2v) is 7.16. The monoisotopic (exact) mass is 405 g/mol. The van der Waals surface area contributed by atoms with Gasteiger partial charge in [-0.15, -0.1) is 0 Å². The van der Waals surface area contributed by atoms with Crippen LogP contribution in [0.3, 0.4) is 0 Å². The van der Waals surface area contributed by atoms with E-state index < -0.39 is 10.0 Å². The van der Waals surface area contributed by atoms with E-state index in [1.54, 1.807) is 19.1 Å². The summed E-state index contributed by atoms with van der Waals surface area (Å²) in [5, 5.41) is 0. The van der Waals surface area contributed by atoms with Crippen molar-refractivity contribution < 1.29 is 8.42 Å². The molecule has 2 heterocycles. The Morgan fingerprint density at radius 3 is 2.58 bits per heavy atom. The minimum atomic E-state index is -3.69. The van der Waals surface area contributed by atoms with Crippen molar-refractivity contribution in [3.8, 4) is 0 Å². The largest absolute Gasteiger partial charge is 0.264 e. The summed E-state index contributed by atoms with van der Waals surface area (Å²) >= 11 is 6.49. The van der Waals surface area contributed by atoms with Gasteiger partial charge in [-0.2, -0.15) is 0 Å². The van der Waals surface area contributed by atoms with Gasteiger partial charge in [0.25, 0.3) is 10.0 Å². The number of nitrogens with one attached hydrogen (secondary N) is 1. The SMILES string of the molecule is Cc1nc(NS(=O)(=O)c2cncc(Br)c2)ccc1Br. The van der Waals surface area contributed by atoms with Gasteiger partial charge in [0.1, 0.15) is 10.7 Å². The van der Waals surface area contributed by atoms with E-state index >= 15 is 0 Å². The zero-order valence-corrected chi connectivity index (χ0v) is 13.8. The molecule has 0 aromatic carbocycles. The van der Waals surface area contributed by atoms with Crippen LogP contribution in [0.15, 0.2) is 44.4 Å². The molecule has 0 aliphatic heterocycles. The van der Waals surface area contributed by atoms with E-state index in [2.05, 4.69) is 46.5 Å². The molecule has 0 saturated carbocycles. The Labute approximate surface area is 127 Å². The molecule has 0 aliphatic carbocycles. The van der Waals surface area contributed by atoms with Crippen LogP contribution in [0.2, 0.25) is 0 Å². The van der Waals surface area contributed by atoms with E-state index in [4.69, 9.17) is 0 Å². The summed E-state index contributed by atoms with van der Waals surface area (Å²) in [5.41, 5.74) is 0.701. The molecule has 0 atom stereocenters. The third kappa shape index (κ3) is 3.52. The normalized spacial score (nSPS) is 11.3. The van der Waals surface area contributed by atoms with Crippen molar-refractivity contribution in [2.24, 2.45) is 0 Å². The summed E-state index contributed by atoms with van der Waals surface area (Å²) in [6.07, 6.45) is 2.79. The molecule has 0 bridgehead atoms. The molecule has 0 aliphatic rings. The number of halogens is 2. The molecule has 0 unspecified atom stereocenters. The highest BCUT2D eigenvalue weighted by Gasteiger charge is 2.16. The first kappa shape index (κ1) is 14.4. The number of anilines is 1. The molecule has 2 rings (SSSR count). The van der Waals surface area contributed by atoms with Gasteiger partial charge in [-0.25, -0.2) is 13.4 Å². The van der Waals surface area contributed by atoms with E-state index in [1.807, 2.05) is 0 Å². The fourth-order valence-corrected chi connectivity index (χ4v) is 3.06.